The predicted octanol–water partition coefficient (Wildman–Crippen LogP) is 0.747. The number of hydrogen-bond acceptors (Lipinski definition) is 5. The largest absolute Gasteiger partial charge is 0.348 e. The van der Waals surface area contributed by atoms with Gasteiger partial charge in [0.25, 0.3) is 11.8 Å². The highest BCUT2D eigenvalue weighted by atomic mass is 35.5. The summed E-state index contributed by atoms with van der Waals surface area (Å²) in [7, 11) is 2.04. The molecule has 1 aromatic carbocycles. The zero-order valence-corrected chi connectivity index (χ0v) is 15.1. The number of benzene rings is 1. The molecule has 0 radical (unpaired) electrons. The number of carbonyl (C=O) groups is 2. The smallest absolute Gasteiger partial charge is 0.269 e. The number of carbonyl (C=O) groups excluding carboxylic acids is 2. The van der Waals surface area contributed by atoms with Gasteiger partial charge in [-0.05, 0) is 45.1 Å². The molecule has 1 saturated heterocycles. The second-order valence-electron chi connectivity index (χ2n) is 6.53. The highest BCUT2D eigenvalue weighted by Crippen LogP contribution is 2.19. The normalized spacial score (nSPS) is 21.0. The lowest BCUT2D eigenvalue weighted by molar-refractivity contribution is -0.115. The number of hydrogen-bond donors (Lipinski definition) is 3. The maximum Gasteiger partial charge on any atom is 0.269 e. The van der Waals surface area contributed by atoms with E-state index in [0.29, 0.717) is 0 Å². The second kappa shape index (κ2) is 8.01. The van der Waals surface area contributed by atoms with Gasteiger partial charge in [0, 0.05) is 6.04 Å². The number of nitrogens with one attached hydrogen (secondary N) is 3. The Bertz CT molecular complexity index is 714. The third-order valence-corrected chi connectivity index (χ3v) is 4.92. The molecule has 26 heavy (non-hydrogen) atoms. The molecule has 3 N–H and O–H groups in total. The molecule has 2 heterocycles. The van der Waals surface area contributed by atoms with Crippen molar-refractivity contribution in [2.24, 2.45) is 5.10 Å². The molecule has 1 aromatic rings. The fraction of sp³-hybridized carbons (Fsp3) is 0.471. The Hall–Kier alpha value is -2.19. The molecule has 7 nitrogen and oxygen atoms in total. The molecule has 9 heteroatoms. The molecule has 0 bridgehead atoms. The van der Waals surface area contributed by atoms with Gasteiger partial charge < -0.3 is 21.0 Å². The molecular formula is C17H21ClFN5O2. The average molecular weight is 382 g/mol. The zero-order chi connectivity index (χ0) is 18.7. The van der Waals surface area contributed by atoms with E-state index < -0.39 is 17.8 Å². The molecule has 0 aromatic heterocycles. The monoisotopic (exact) mass is 381 g/mol. The third kappa shape index (κ3) is 4.13. The van der Waals surface area contributed by atoms with Crippen molar-refractivity contribution in [2.75, 3.05) is 26.7 Å². The first-order valence-electron chi connectivity index (χ1n) is 8.50. The topological polar surface area (TPSA) is 85.8 Å². The van der Waals surface area contributed by atoms with E-state index in [1.54, 1.807) is 0 Å². The summed E-state index contributed by atoms with van der Waals surface area (Å²) in [5.41, 5.74) is 2.66. The van der Waals surface area contributed by atoms with Crippen molar-refractivity contribution < 1.29 is 14.0 Å². The van der Waals surface area contributed by atoms with Crippen molar-refractivity contribution in [3.05, 3.63) is 34.6 Å². The Morgan fingerprint density at radius 3 is 2.69 bits per heavy atom. The Kier molecular flexibility index (Phi) is 5.73. The number of halogens is 2. The van der Waals surface area contributed by atoms with Gasteiger partial charge in [-0.25, -0.2) is 4.39 Å². The fourth-order valence-electron chi connectivity index (χ4n) is 3.08. The highest BCUT2D eigenvalue weighted by Gasteiger charge is 2.31. The van der Waals surface area contributed by atoms with Crippen LogP contribution < -0.4 is 16.1 Å². The first-order valence-corrected chi connectivity index (χ1v) is 8.88. The standard InChI is InChI=1S/C17H21ClFN5O2/c1-24-7-5-10(6-8-24)21-17(26)15-13(9-20-23-15)22-16(25)14-11(18)3-2-4-12(14)19/h2-4,10,13,20H,5-9H2,1H3,(H,21,26)(H,22,25). The van der Waals surface area contributed by atoms with Crippen LogP contribution in [0.5, 0.6) is 0 Å². The Morgan fingerprint density at radius 1 is 1.27 bits per heavy atom. The summed E-state index contributed by atoms with van der Waals surface area (Å²) in [5.74, 6) is -1.72. The minimum atomic E-state index is -0.713. The summed E-state index contributed by atoms with van der Waals surface area (Å²) in [6.07, 6.45) is 1.73. The molecule has 1 unspecified atom stereocenters. The van der Waals surface area contributed by atoms with Gasteiger partial charge in [-0.3, -0.25) is 9.59 Å². The van der Waals surface area contributed by atoms with Crippen LogP contribution in [0.15, 0.2) is 23.3 Å². The van der Waals surface area contributed by atoms with Gasteiger partial charge in [-0.2, -0.15) is 5.10 Å². The van der Waals surface area contributed by atoms with Crippen molar-refractivity contribution in [1.82, 2.24) is 21.0 Å². The molecule has 2 aliphatic rings. The molecule has 0 spiro atoms. The van der Waals surface area contributed by atoms with Gasteiger partial charge in [-0.1, -0.05) is 17.7 Å². The lowest BCUT2D eigenvalue weighted by Crippen LogP contribution is -2.51. The zero-order valence-electron chi connectivity index (χ0n) is 14.4. The third-order valence-electron chi connectivity index (χ3n) is 4.61. The first kappa shape index (κ1) is 18.6. The van der Waals surface area contributed by atoms with E-state index in [1.165, 1.54) is 12.1 Å². The van der Waals surface area contributed by atoms with Crippen LogP contribution in [-0.2, 0) is 4.79 Å². The van der Waals surface area contributed by atoms with E-state index >= 15 is 0 Å². The van der Waals surface area contributed by atoms with Crippen molar-refractivity contribution in [2.45, 2.75) is 24.9 Å². The molecule has 2 amide bonds. The number of likely N-dealkylation sites (tertiary alicyclic amines) is 1. The van der Waals surface area contributed by atoms with Gasteiger partial charge in [0.1, 0.15) is 11.5 Å². The number of hydrazone groups is 1. The van der Waals surface area contributed by atoms with Crippen LogP contribution in [0.25, 0.3) is 0 Å². The minimum Gasteiger partial charge on any atom is -0.348 e. The van der Waals surface area contributed by atoms with Crippen molar-refractivity contribution in [1.29, 1.82) is 0 Å². The number of amides is 2. The SMILES string of the molecule is CN1CCC(NC(=O)C2=NNCC2NC(=O)c2c(F)cccc2Cl)CC1. The fourth-order valence-corrected chi connectivity index (χ4v) is 3.33. The van der Waals surface area contributed by atoms with Crippen molar-refractivity contribution in [3.8, 4) is 0 Å². The van der Waals surface area contributed by atoms with Gasteiger partial charge in [0.15, 0.2) is 0 Å². The first-order chi connectivity index (χ1) is 12.5. The average Bonchev–Trinajstić information content (AvgIpc) is 3.05. The number of nitrogens with zero attached hydrogens (tertiary/aromatic N) is 2. The van der Waals surface area contributed by atoms with Crippen LogP contribution in [0.3, 0.4) is 0 Å². The molecular weight excluding hydrogens is 361 g/mol. The van der Waals surface area contributed by atoms with Crippen LogP contribution in [-0.4, -0.2) is 61.2 Å². The summed E-state index contributed by atoms with van der Waals surface area (Å²) in [6, 6.07) is 3.46. The summed E-state index contributed by atoms with van der Waals surface area (Å²) < 4.78 is 13.9. The van der Waals surface area contributed by atoms with Crippen LogP contribution >= 0.6 is 11.6 Å². The Labute approximate surface area is 156 Å². The van der Waals surface area contributed by atoms with Crippen LogP contribution in [0.2, 0.25) is 5.02 Å². The van der Waals surface area contributed by atoms with E-state index in [4.69, 9.17) is 11.6 Å². The molecule has 1 atom stereocenters. The maximum absolute atomic E-state index is 13.9. The van der Waals surface area contributed by atoms with E-state index in [2.05, 4.69) is 26.1 Å². The quantitative estimate of drug-likeness (QED) is 0.718. The predicted molar refractivity (Wildman–Crippen MR) is 96.8 cm³/mol. The lowest BCUT2D eigenvalue weighted by Gasteiger charge is -2.29. The molecule has 1 fully saturated rings. The summed E-state index contributed by atoms with van der Waals surface area (Å²) >= 11 is 5.92. The Balaban J connectivity index is 1.63. The van der Waals surface area contributed by atoms with Gasteiger partial charge in [-0.15, -0.1) is 0 Å². The minimum absolute atomic E-state index is 0.0164. The summed E-state index contributed by atoms with van der Waals surface area (Å²) in [4.78, 5) is 27.1. The lowest BCUT2D eigenvalue weighted by atomic mass is 10.0. The highest BCUT2D eigenvalue weighted by molar-refractivity contribution is 6.42. The van der Waals surface area contributed by atoms with E-state index in [-0.39, 0.29) is 34.8 Å². The van der Waals surface area contributed by atoms with Gasteiger partial charge >= 0.3 is 0 Å². The number of rotatable bonds is 4. The molecule has 2 aliphatic heterocycles. The van der Waals surface area contributed by atoms with Crippen molar-refractivity contribution >= 4 is 29.1 Å². The molecule has 0 saturated carbocycles. The molecule has 3 rings (SSSR count). The Morgan fingerprint density at radius 2 is 2.00 bits per heavy atom. The number of piperidine rings is 1. The summed E-state index contributed by atoms with van der Waals surface area (Å²) in [5, 5.41) is 9.59. The van der Waals surface area contributed by atoms with Gasteiger partial charge in [0.2, 0.25) is 0 Å². The van der Waals surface area contributed by atoms with E-state index in [1.807, 2.05) is 7.05 Å². The van der Waals surface area contributed by atoms with Gasteiger partial charge in [0.05, 0.1) is 23.2 Å². The summed E-state index contributed by atoms with van der Waals surface area (Å²) in [6.45, 7) is 2.09. The molecule has 140 valence electrons. The van der Waals surface area contributed by atoms with Crippen LogP contribution in [0, 0.1) is 5.82 Å². The van der Waals surface area contributed by atoms with Crippen LogP contribution in [0.1, 0.15) is 23.2 Å². The maximum atomic E-state index is 13.9. The molecule has 0 aliphatic carbocycles. The van der Waals surface area contributed by atoms with Crippen molar-refractivity contribution in [3.63, 3.8) is 0 Å². The van der Waals surface area contributed by atoms with Crippen LogP contribution in [0.4, 0.5) is 4.39 Å². The van der Waals surface area contributed by atoms with E-state index in [0.717, 1.165) is 32.0 Å². The van der Waals surface area contributed by atoms with E-state index in [9.17, 15) is 14.0 Å². The second-order valence-corrected chi connectivity index (χ2v) is 6.94.